The third-order valence-corrected chi connectivity index (χ3v) is 4.04. The van der Waals surface area contributed by atoms with Crippen LogP contribution in [-0.4, -0.2) is 17.4 Å². The second kappa shape index (κ2) is 8.64. The average Bonchev–Trinajstić information content (AvgIpc) is 2.58. The molecule has 0 aliphatic heterocycles. The van der Waals surface area contributed by atoms with E-state index in [0.29, 0.717) is 17.2 Å². The van der Waals surface area contributed by atoms with Crippen LogP contribution in [-0.2, 0) is 19.0 Å². The molecule has 0 saturated carbocycles. The lowest BCUT2D eigenvalue weighted by Gasteiger charge is -2.18. The molecule has 2 rings (SSSR count). The van der Waals surface area contributed by atoms with Gasteiger partial charge >= 0.3 is 0 Å². The number of hydrogen-bond acceptors (Lipinski definition) is 3. The number of nitrogens with zero attached hydrogens (tertiary/aromatic N) is 2. The molecular formula is C19H21FN2OS. The summed E-state index contributed by atoms with van der Waals surface area (Å²) in [6.07, 6.45) is 5.76. The minimum atomic E-state index is -0.693. The molecule has 0 radical (unpaired) electrons. The fraction of sp³-hybridized carbons (Fsp3) is 0.316. The Morgan fingerprint density at radius 3 is 2.33 bits per heavy atom. The highest BCUT2D eigenvalue weighted by Crippen LogP contribution is 2.13. The van der Waals surface area contributed by atoms with E-state index in [1.165, 1.54) is 29.8 Å². The first kappa shape index (κ1) is 18.2. The highest BCUT2D eigenvalue weighted by atomic mass is 32.1. The normalized spacial score (nSPS) is 12.9. The number of hydrogen-bond donors (Lipinski definition) is 0. The molecule has 0 aliphatic carbocycles. The van der Waals surface area contributed by atoms with Gasteiger partial charge in [-0.2, -0.15) is 4.57 Å². The van der Waals surface area contributed by atoms with E-state index in [1.54, 1.807) is 4.57 Å². The van der Waals surface area contributed by atoms with Crippen molar-refractivity contribution < 1.29 is 13.8 Å². The molecule has 126 valence electrons. The number of carbonyl (C=O) groups is 1. The van der Waals surface area contributed by atoms with Crippen molar-refractivity contribution in [2.75, 3.05) is 6.54 Å². The molecule has 2 aromatic rings. The van der Waals surface area contributed by atoms with E-state index in [9.17, 15) is 9.18 Å². The van der Waals surface area contributed by atoms with Gasteiger partial charge in [0.25, 0.3) is 0 Å². The number of Topliss-reactive ketones (excluding diaryl/α,β-unsaturated/α-hetero) is 1. The Bertz CT molecular complexity index is 711. The van der Waals surface area contributed by atoms with Gasteiger partial charge in [0.2, 0.25) is 11.8 Å². The van der Waals surface area contributed by atoms with Crippen molar-refractivity contribution >= 4 is 23.5 Å². The second-order valence-electron chi connectivity index (χ2n) is 5.49. The Labute approximate surface area is 147 Å². The van der Waals surface area contributed by atoms with Crippen molar-refractivity contribution in [3.8, 4) is 0 Å². The molecule has 3 nitrogen and oxygen atoms in total. The van der Waals surface area contributed by atoms with Gasteiger partial charge in [-0.25, -0.2) is 4.39 Å². The number of aromatic nitrogens is 1. The molecule has 1 aromatic heterocycles. The Hall–Kier alpha value is -2.14. The van der Waals surface area contributed by atoms with Gasteiger partial charge in [0.1, 0.15) is 5.82 Å². The van der Waals surface area contributed by atoms with Crippen LogP contribution in [0.3, 0.4) is 0 Å². The standard InChI is InChI=1S/C19H21FN2OS/c1-3-5-14-10-12-22(13-11-14)17(19(24)21-4-2)18(23)15-6-8-16(20)9-7-15/h6-13,17H,3-5H2,1-2H3/t17-/m1/s1. The molecule has 24 heavy (non-hydrogen) atoms. The van der Waals surface area contributed by atoms with Crippen LogP contribution < -0.4 is 4.57 Å². The van der Waals surface area contributed by atoms with Crippen molar-refractivity contribution in [1.82, 2.24) is 0 Å². The van der Waals surface area contributed by atoms with Gasteiger partial charge < -0.3 is 17.6 Å². The molecular weight excluding hydrogens is 323 g/mol. The van der Waals surface area contributed by atoms with E-state index in [4.69, 9.17) is 12.6 Å². The summed E-state index contributed by atoms with van der Waals surface area (Å²) in [5, 5.41) is 0.333. The van der Waals surface area contributed by atoms with Crippen molar-refractivity contribution in [2.24, 2.45) is 4.99 Å². The molecule has 0 unspecified atom stereocenters. The van der Waals surface area contributed by atoms with Gasteiger partial charge in [0.15, 0.2) is 12.4 Å². The number of benzene rings is 1. The number of aryl methyl sites for hydroxylation is 1. The van der Waals surface area contributed by atoms with E-state index >= 15 is 0 Å². The van der Waals surface area contributed by atoms with Gasteiger partial charge in [-0.15, -0.1) is 0 Å². The summed E-state index contributed by atoms with van der Waals surface area (Å²) in [4.78, 5) is 17.1. The number of rotatable bonds is 7. The minimum Gasteiger partial charge on any atom is -0.758 e. The zero-order valence-electron chi connectivity index (χ0n) is 13.9. The summed E-state index contributed by atoms with van der Waals surface area (Å²) in [7, 11) is 0. The van der Waals surface area contributed by atoms with Gasteiger partial charge in [-0.05, 0) is 48.2 Å². The number of pyridine rings is 1. The van der Waals surface area contributed by atoms with E-state index in [-0.39, 0.29) is 11.6 Å². The topological polar surface area (TPSA) is 33.3 Å². The summed E-state index contributed by atoms with van der Waals surface area (Å²) in [6.45, 7) is 4.51. The number of halogens is 1. The van der Waals surface area contributed by atoms with Crippen molar-refractivity contribution in [3.05, 3.63) is 65.7 Å². The number of aliphatic imine (C=N–C) groups is 1. The van der Waals surface area contributed by atoms with Gasteiger partial charge in [0.05, 0.1) is 0 Å². The van der Waals surface area contributed by atoms with Crippen LogP contribution in [0.5, 0.6) is 0 Å². The van der Waals surface area contributed by atoms with Crippen LogP contribution in [0.1, 0.15) is 42.2 Å². The van der Waals surface area contributed by atoms with E-state index in [2.05, 4.69) is 11.9 Å². The van der Waals surface area contributed by atoms with Crippen LogP contribution in [0.2, 0.25) is 0 Å². The Morgan fingerprint density at radius 2 is 1.79 bits per heavy atom. The molecule has 0 aliphatic rings. The molecule has 0 fully saturated rings. The van der Waals surface area contributed by atoms with Crippen LogP contribution in [0.4, 0.5) is 4.39 Å². The number of ketones is 1. The summed E-state index contributed by atoms with van der Waals surface area (Å²) < 4.78 is 14.9. The minimum absolute atomic E-state index is 0.189. The lowest BCUT2D eigenvalue weighted by molar-refractivity contribution is -0.692. The van der Waals surface area contributed by atoms with E-state index in [0.717, 1.165) is 12.8 Å². The van der Waals surface area contributed by atoms with Gasteiger partial charge in [-0.1, -0.05) is 13.3 Å². The maximum absolute atomic E-state index is 13.1. The van der Waals surface area contributed by atoms with Crippen LogP contribution in [0.25, 0.3) is 0 Å². The molecule has 0 spiro atoms. The Morgan fingerprint density at radius 1 is 1.17 bits per heavy atom. The Balaban J connectivity index is 2.39. The zero-order valence-corrected chi connectivity index (χ0v) is 14.7. The fourth-order valence-corrected chi connectivity index (χ4v) is 2.84. The van der Waals surface area contributed by atoms with Crippen LogP contribution in [0, 0.1) is 5.82 Å². The third-order valence-electron chi connectivity index (χ3n) is 3.68. The molecule has 0 N–H and O–H groups in total. The lowest BCUT2D eigenvalue weighted by Crippen LogP contribution is -2.47. The summed E-state index contributed by atoms with van der Waals surface area (Å²) >= 11 is 5.36. The van der Waals surface area contributed by atoms with Crippen molar-refractivity contribution in [1.29, 1.82) is 0 Å². The molecule has 0 bridgehead atoms. The van der Waals surface area contributed by atoms with Crippen LogP contribution in [0.15, 0.2) is 53.8 Å². The predicted octanol–water partition coefficient (Wildman–Crippen LogP) is 3.46. The summed E-state index contributed by atoms with van der Waals surface area (Å²) in [5.41, 5.74) is 1.63. The maximum atomic E-state index is 13.1. The average molecular weight is 344 g/mol. The maximum Gasteiger partial charge on any atom is 0.237 e. The quantitative estimate of drug-likeness (QED) is 0.253. The molecule has 1 atom stereocenters. The lowest BCUT2D eigenvalue weighted by atomic mass is 10.0. The molecule has 1 aromatic carbocycles. The van der Waals surface area contributed by atoms with Gasteiger partial charge in [0, 0.05) is 24.2 Å². The highest BCUT2D eigenvalue weighted by Gasteiger charge is 2.28. The fourth-order valence-electron chi connectivity index (χ4n) is 2.49. The van der Waals surface area contributed by atoms with Crippen molar-refractivity contribution in [3.63, 3.8) is 0 Å². The molecule has 0 amide bonds. The first-order valence-corrected chi connectivity index (χ1v) is 8.48. The zero-order chi connectivity index (χ0) is 17.5. The van der Waals surface area contributed by atoms with Gasteiger partial charge in [-0.3, -0.25) is 4.79 Å². The summed E-state index contributed by atoms with van der Waals surface area (Å²) in [5.74, 6) is -0.564. The molecule has 0 saturated heterocycles. The Kier molecular flexibility index (Phi) is 6.55. The SMILES string of the molecule is CCCc1cc[n+]([C@H](C(=O)c2ccc(F)cc2)C([S-])=NCC)cc1. The largest absolute Gasteiger partial charge is 0.758 e. The number of carbonyl (C=O) groups excluding carboxylic acids is 1. The molecule has 1 heterocycles. The second-order valence-corrected chi connectivity index (χ2v) is 5.91. The highest BCUT2D eigenvalue weighted by molar-refractivity contribution is 7.77. The van der Waals surface area contributed by atoms with Crippen LogP contribution >= 0.6 is 0 Å². The van der Waals surface area contributed by atoms with E-state index in [1.807, 2.05) is 31.5 Å². The third kappa shape index (κ3) is 4.45. The van der Waals surface area contributed by atoms with E-state index < -0.39 is 6.04 Å². The smallest absolute Gasteiger partial charge is 0.237 e. The van der Waals surface area contributed by atoms with Crippen molar-refractivity contribution in [2.45, 2.75) is 32.7 Å². The predicted molar refractivity (Wildman–Crippen MR) is 95.7 cm³/mol. The first-order chi connectivity index (χ1) is 11.6. The summed E-state index contributed by atoms with van der Waals surface area (Å²) in [6, 6.07) is 8.79. The monoisotopic (exact) mass is 344 g/mol. The first-order valence-electron chi connectivity index (χ1n) is 8.07. The molecule has 5 heteroatoms.